The smallest absolute Gasteiger partial charge is 0.615 e. The summed E-state index contributed by atoms with van der Waals surface area (Å²) in [7, 11) is 0. The molecule has 0 unspecified atom stereocenters. The van der Waals surface area contributed by atoms with Gasteiger partial charge in [-0.25, -0.2) is 11.9 Å². The first-order chi connectivity index (χ1) is 2.27. The molecule has 0 heterocycles. The van der Waals surface area contributed by atoms with E-state index in [1.54, 1.807) is 0 Å². The average molecular weight is 113 g/mol. The molecular formula is C2H4NNaOS. The molecule has 0 spiro atoms. The molecular weight excluding hydrogens is 109 g/mol. The van der Waals surface area contributed by atoms with Crippen LogP contribution in [0.2, 0.25) is 0 Å². The van der Waals surface area contributed by atoms with E-state index in [2.05, 4.69) is 0 Å². The van der Waals surface area contributed by atoms with E-state index < -0.39 is 0 Å². The molecule has 4 heteroatoms. The molecule has 0 aliphatic rings. The van der Waals surface area contributed by atoms with Crippen LogP contribution >= 0.6 is 11.9 Å². The zero-order valence-electron chi connectivity index (χ0n) is 3.82. The predicted molar refractivity (Wildman–Crippen MR) is 22.6 cm³/mol. The minimum Gasteiger partial charge on any atom is -0.615 e. The third kappa shape index (κ3) is 8.88. The summed E-state index contributed by atoms with van der Waals surface area (Å²) >= 11 is 0.491. The second-order valence-electron chi connectivity index (χ2n) is 0.594. The Morgan fingerprint density at radius 3 is 2.00 bits per heavy atom. The fraction of sp³-hybridized carbons (Fsp3) is 0.500. The third-order valence-electron chi connectivity index (χ3n) is 0.144. The maximum absolute atomic E-state index is 9.59. The van der Waals surface area contributed by atoms with Crippen LogP contribution in [0.15, 0.2) is 0 Å². The van der Waals surface area contributed by atoms with E-state index in [4.69, 9.17) is 5.14 Å². The van der Waals surface area contributed by atoms with Crippen LogP contribution in [0.1, 0.15) is 6.92 Å². The van der Waals surface area contributed by atoms with Gasteiger partial charge in [-0.1, -0.05) is 0 Å². The second kappa shape index (κ2) is 5.98. The Hall–Kier alpha value is 0.980. The first-order valence-electron chi connectivity index (χ1n) is 1.11. The Morgan fingerprint density at radius 2 is 2.00 bits per heavy atom. The summed E-state index contributed by atoms with van der Waals surface area (Å²) < 4.78 is 0. The number of nitrogens with one attached hydrogen (secondary N) is 1. The summed E-state index contributed by atoms with van der Waals surface area (Å²) in [5, 5.41) is 6.06. The van der Waals surface area contributed by atoms with Crippen LogP contribution in [-0.2, 0) is 4.79 Å². The zero-order chi connectivity index (χ0) is 4.28. The van der Waals surface area contributed by atoms with Gasteiger partial charge < -0.3 is 5.14 Å². The minimum atomic E-state index is -0.162. The van der Waals surface area contributed by atoms with E-state index in [1.165, 1.54) is 6.92 Å². The SMILES string of the molecule is CC(=O)S[NH-].[Na+]. The van der Waals surface area contributed by atoms with Crippen molar-refractivity contribution in [1.29, 1.82) is 0 Å². The topological polar surface area (TPSA) is 40.9 Å². The molecule has 0 aromatic carbocycles. The Balaban J connectivity index is 0. The van der Waals surface area contributed by atoms with E-state index in [0.29, 0.717) is 11.9 Å². The summed E-state index contributed by atoms with van der Waals surface area (Å²) in [5.74, 6) is 0. The number of carbonyl (C=O) groups is 1. The summed E-state index contributed by atoms with van der Waals surface area (Å²) in [6.07, 6.45) is 0. The van der Waals surface area contributed by atoms with Gasteiger partial charge in [0.15, 0.2) is 5.12 Å². The molecule has 0 amide bonds. The van der Waals surface area contributed by atoms with Crippen molar-refractivity contribution in [1.82, 2.24) is 0 Å². The molecule has 2 nitrogen and oxygen atoms in total. The number of hydrogen-bond acceptors (Lipinski definition) is 2. The van der Waals surface area contributed by atoms with Crippen molar-refractivity contribution in [3.8, 4) is 0 Å². The molecule has 30 valence electrons. The Kier molecular flexibility index (Phi) is 10.0. The Labute approximate surface area is 63.3 Å². The van der Waals surface area contributed by atoms with Crippen LogP contribution in [-0.4, -0.2) is 5.12 Å². The van der Waals surface area contributed by atoms with Gasteiger partial charge >= 0.3 is 29.6 Å². The molecule has 0 saturated heterocycles. The maximum atomic E-state index is 9.59. The predicted octanol–water partition coefficient (Wildman–Crippen LogP) is -1.76. The molecule has 0 aromatic rings. The van der Waals surface area contributed by atoms with Gasteiger partial charge in [0.05, 0.1) is 0 Å². The zero-order valence-corrected chi connectivity index (χ0v) is 6.63. The minimum absolute atomic E-state index is 0. The van der Waals surface area contributed by atoms with Gasteiger partial charge in [0, 0.05) is 6.92 Å². The van der Waals surface area contributed by atoms with Crippen molar-refractivity contribution in [2.24, 2.45) is 0 Å². The van der Waals surface area contributed by atoms with Gasteiger partial charge in [0.2, 0.25) is 0 Å². The normalized spacial score (nSPS) is 6.33. The van der Waals surface area contributed by atoms with Gasteiger partial charge in [-0.05, 0) is 0 Å². The van der Waals surface area contributed by atoms with E-state index in [9.17, 15) is 4.79 Å². The molecule has 0 aliphatic carbocycles. The van der Waals surface area contributed by atoms with Gasteiger partial charge in [0.1, 0.15) is 0 Å². The number of rotatable bonds is 0. The fourth-order valence-corrected chi connectivity index (χ4v) is 0. The second-order valence-corrected chi connectivity index (χ2v) is 1.37. The fourth-order valence-electron chi connectivity index (χ4n) is 0. The molecule has 0 bridgehead atoms. The molecule has 0 atom stereocenters. The van der Waals surface area contributed by atoms with Gasteiger partial charge in [0.25, 0.3) is 0 Å². The van der Waals surface area contributed by atoms with Gasteiger partial charge in [-0.2, -0.15) is 0 Å². The molecule has 0 aliphatic heterocycles. The van der Waals surface area contributed by atoms with Crippen LogP contribution in [0.4, 0.5) is 0 Å². The summed E-state index contributed by atoms with van der Waals surface area (Å²) in [5.41, 5.74) is 0. The molecule has 0 saturated carbocycles. The monoisotopic (exact) mass is 113 g/mol. The standard InChI is InChI=1S/C2H4NOS.Na/c1-2(4)5-3;/h3H,1H3;/q-1;+1. The van der Waals surface area contributed by atoms with E-state index in [0.717, 1.165) is 0 Å². The van der Waals surface area contributed by atoms with Crippen molar-refractivity contribution in [2.45, 2.75) is 6.92 Å². The van der Waals surface area contributed by atoms with Crippen LogP contribution < -0.4 is 29.6 Å². The Morgan fingerprint density at radius 1 is 1.83 bits per heavy atom. The van der Waals surface area contributed by atoms with Crippen molar-refractivity contribution >= 4 is 17.1 Å². The molecule has 6 heavy (non-hydrogen) atoms. The van der Waals surface area contributed by atoms with Crippen LogP contribution in [0.3, 0.4) is 0 Å². The largest absolute Gasteiger partial charge is 1.00 e. The van der Waals surface area contributed by atoms with Gasteiger partial charge in [-0.3, -0.25) is 4.79 Å². The van der Waals surface area contributed by atoms with Crippen molar-refractivity contribution in [3.05, 3.63) is 5.14 Å². The first kappa shape index (κ1) is 10.1. The van der Waals surface area contributed by atoms with Gasteiger partial charge in [-0.15, -0.1) is 0 Å². The van der Waals surface area contributed by atoms with Crippen LogP contribution in [0.5, 0.6) is 0 Å². The quantitative estimate of drug-likeness (QED) is 0.276. The van der Waals surface area contributed by atoms with Crippen LogP contribution in [0.25, 0.3) is 5.14 Å². The first-order valence-corrected chi connectivity index (χ1v) is 1.93. The van der Waals surface area contributed by atoms with Crippen LogP contribution in [0, 0.1) is 0 Å². The third-order valence-corrected chi connectivity index (χ3v) is 0.431. The molecule has 0 aromatic heterocycles. The summed E-state index contributed by atoms with van der Waals surface area (Å²) in [6, 6.07) is 0. The van der Waals surface area contributed by atoms with E-state index in [-0.39, 0.29) is 34.7 Å². The molecule has 1 N–H and O–H groups in total. The molecule has 0 rings (SSSR count). The summed E-state index contributed by atoms with van der Waals surface area (Å²) in [4.78, 5) is 9.59. The van der Waals surface area contributed by atoms with Crippen molar-refractivity contribution < 1.29 is 34.4 Å². The maximum Gasteiger partial charge on any atom is 1.00 e. The average Bonchev–Trinajstić information content (AvgIpc) is 1.38. The van der Waals surface area contributed by atoms with E-state index in [1.807, 2.05) is 0 Å². The van der Waals surface area contributed by atoms with Crippen molar-refractivity contribution in [2.75, 3.05) is 0 Å². The van der Waals surface area contributed by atoms with E-state index >= 15 is 0 Å². The Bertz CT molecular complexity index is 48.8. The molecule has 0 radical (unpaired) electrons. The van der Waals surface area contributed by atoms with Crippen molar-refractivity contribution in [3.63, 3.8) is 0 Å². The number of hydrogen-bond donors (Lipinski definition) is 0. The summed E-state index contributed by atoms with van der Waals surface area (Å²) in [6.45, 7) is 1.36. The number of carbonyl (C=O) groups excluding carboxylic acids is 1. The molecule has 0 fully saturated rings.